The molecular weight excluding hydrogens is 296 g/mol. The molecule has 118 valence electrons. The van der Waals surface area contributed by atoms with Gasteiger partial charge in [-0.15, -0.1) is 0 Å². The van der Waals surface area contributed by atoms with Gasteiger partial charge in [-0.2, -0.15) is 5.26 Å². The Hall–Kier alpha value is -3.06. The summed E-state index contributed by atoms with van der Waals surface area (Å²) in [4.78, 5) is 6.78. The Morgan fingerprint density at radius 1 is 1.08 bits per heavy atom. The highest BCUT2D eigenvalue weighted by Gasteiger charge is 2.23. The Morgan fingerprint density at radius 2 is 1.88 bits per heavy atom. The molecule has 1 atom stereocenters. The summed E-state index contributed by atoms with van der Waals surface area (Å²) in [6, 6.07) is 22.8. The molecule has 1 N–H and O–H groups in total. The quantitative estimate of drug-likeness (QED) is 0.799. The van der Waals surface area contributed by atoms with Crippen molar-refractivity contribution in [3.63, 3.8) is 0 Å². The van der Waals surface area contributed by atoms with Crippen LogP contribution in [-0.2, 0) is 0 Å². The Kier molecular flexibility index (Phi) is 3.76. The first-order valence-electron chi connectivity index (χ1n) is 8.20. The zero-order chi connectivity index (χ0) is 16.4. The summed E-state index contributed by atoms with van der Waals surface area (Å²) in [6.45, 7) is 2.00. The third-order valence-electron chi connectivity index (χ3n) is 4.50. The summed E-state index contributed by atoms with van der Waals surface area (Å²) in [5, 5.41) is 13.9. The summed E-state index contributed by atoms with van der Waals surface area (Å²) < 4.78 is 0. The molecule has 0 spiro atoms. The Morgan fingerprint density at radius 3 is 2.71 bits per heavy atom. The van der Waals surface area contributed by atoms with Crippen LogP contribution in [0.15, 0.2) is 60.7 Å². The van der Waals surface area contributed by atoms with E-state index in [-0.39, 0.29) is 0 Å². The zero-order valence-corrected chi connectivity index (χ0v) is 13.3. The van der Waals surface area contributed by atoms with Crippen LogP contribution < -0.4 is 10.2 Å². The molecule has 1 fully saturated rings. The van der Waals surface area contributed by atoms with Gasteiger partial charge in [0, 0.05) is 35.9 Å². The lowest BCUT2D eigenvalue weighted by Crippen LogP contribution is -2.26. The molecule has 0 aliphatic carbocycles. The van der Waals surface area contributed by atoms with Gasteiger partial charge in [-0.05, 0) is 30.7 Å². The molecule has 0 bridgehead atoms. The second kappa shape index (κ2) is 6.21. The fraction of sp³-hybridized carbons (Fsp3) is 0.200. The monoisotopic (exact) mass is 314 g/mol. The van der Waals surface area contributed by atoms with Crippen molar-refractivity contribution in [2.75, 3.05) is 23.3 Å². The lowest BCUT2D eigenvalue weighted by molar-refractivity contribution is 0.808. The fourth-order valence-corrected chi connectivity index (χ4v) is 3.32. The summed E-state index contributed by atoms with van der Waals surface area (Å²) in [7, 11) is 0. The van der Waals surface area contributed by atoms with E-state index in [4.69, 9.17) is 0 Å². The number of anilines is 2. The van der Waals surface area contributed by atoms with E-state index in [9.17, 15) is 5.26 Å². The number of benzene rings is 2. The number of rotatable bonds is 3. The molecule has 0 amide bonds. The molecule has 1 unspecified atom stereocenters. The minimum atomic E-state index is 0.363. The highest BCUT2D eigenvalue weighted by molar-refractivity contribution is 5.92. The molecule has 0 radical (unpaired) electrons. The summed E-state index contributed by atoms with van der Waals surface area (Å²) in [5.41, 5.74) is 3.57. The number of nitrogens with zero attached hydrogens (tertiary/aromatic N) is 3. The van der Waals surface area contributed by atoms with Gasteiger partial charge >= 0.3 is 0 Å². The lowest BCUT2D eigenvalue weighted by atomic mass is 10.1. The first-order valence-corrected chi connectivity index (χ1v) is 8.20. The normalized spacial score (nSPS) is 17.0. The average Bonchev–Trinajstić information content (AvgIpc) is 3.11. The van der Waals surface area contributed by atoms with E-state index >= 15 is 0 Å². The van der Waals surface area contributed by atoms with Gasteiger partial charge in [-0.1, -0.05) is 36.4 Å². The zero-order valence-electron chi connectivity index (χ0n) is 13.3. The molecule has 2 heterocycles. The van der Waals surface area contributed by atoms with Gasteiger partial charge in [0.2, 0.25) is 0 Å². The predicted molar refractivity (Wildman–Crippen MR) is 97.1 cm³/mol. The topological polar surface area (TPSA) is 52.0 Å². The van der Waals surface area contributed by atoms with Crippen LogP contribution in [-0.4, -0.2) is 24.1 Å². The van der Waals surface area contributed by atoms with Gasteiger partial charge in [-0.3, -0.25) is 0 Å². The maximum absolute atomic E-state index is 9.22. The van der Waals surface area contributed by atoms with Crippen molar-refractivity contribution in [2.24, 2.45) is 0 Å². The van der Waals surface area contributed by atoms with Crippen molar-refractivity contribution < 1.29 is 0 Å². The Labute approximate surface area is 141 Å². The molecule has 1 saturated heterocycles. The van der Waals surface area contributed by atoms with Gasteiger partial charge < -0.3 is 10.2 Å². The van der Waals surface area contributed by atoms with Gasteiger partial charge in [0.25, 0.3) is 0 Å². The van der Waals surface area contributed by atoms with Crippen LogP contribution in [0.4, 0.5) is 11.4 Å². The number of hydrogen-bond acceptors (Lipinski definition) is 4. The van der Waals surface area contributed by atoms with Crippen molar-refractivity contribution in [1.29, 1.82) is 5.26 Å². The van der Waals surface area contributed by atoms with E-state index in [0.29, 0.717) is 11.7 Å². The average molecular weight is 314 g/mol. The van der Waals surface area contributed by atoms with E-state index < -0.39 is 0 Å². The van der Waals surface area contributed by atoms with Crippen molar-refractivity contribution in [3.05, 3.63) is 66.4 Å². The largest absolute Gasteiger partial charge is 0.380 e. The molecule has 4 nitrogen and oxygen atoms in total. The molecule has 2 aromatic carbocycles. The van der Waals surface area contributed by atoms with Crippen LogP contribution in [0.25, 0.3) is 10.9 Å². The number of aromatic nitrogens is 1. The molecule has 1 aliphatic heterocycles. The van der Waals surface area contributed by atoms with Crippen LogP contribution in [0.3, 0.4) is 0 Å². The first kappa shape index (κ1) is 14.5. The van der Waals surface area contributed by atoms with Gasteiger partial charge in [0.15, 0.2) is 0 Å². The van der Waals surface area contributed by atoms with Gasteiger partial charge in [0.1, 0.15) is 11.8 Å². The van der Waals surface area contributed by atoms with Crippen molar-refractivity contribution in [3.8, 4) is 6.07 Å². The molecule has 4 rings (SSSR count). The molecule has 3 aromatic rings. The summed E-state index contributed by atoms with van der Waals surface area (Å²) >= 11 is 0. The second-order valence-corrected chi connectivity index (χ2v) is 6.10. The highest BCUT2D eigenvalue weighted by atomic mass is 15.2. The van der Waals surface area contributed by atoms with Crippen LogP contribution in [0.1, 0.15) is 12.1 Å². The predicted octanol–water partition coefficient (Wildman–Crippen LogP) is 3.80. The smallest absolute Gasteiger partial charge is 0.143 e. The van der Waals surface area contributed by atoms with Crippen molar-refractivity contribution in [2.45, 2.75) is 12.5 Å². The van der Waals surface area contributed by atoms with E-state index in [2.05, 4.69) is 51.6 Å². The maximum Gasteiger partial charge on any atom is 0.143 e. The number of fused-ring (bicyclic) bond motifs is 1. The highest BCUT2D eigenvalue weighted by Crippen LogP contribution is 2.27. The third-order valence-corrected chi connectivity index (χ3v) is 4.50. The van der Waals surface area contributed by atoms with Crippen LogP contribution in [0.2, 0.25) is 0 Å². The Balaban J connectivity index is 1.58. The fourth-order valence-electron chi connectivity index (χ4n) is 3.32. The molecule has 0 saturated carbocycles. The number of para-hydroxylation sites is 2. The SMILES string of the molecule is N#Cc1cc(NC2CCN(c3ccccc3)C2)c2ccccc2n1. The first-order chi connectivity index (χ1) is 11.8. The van der Waals surface area contributed by atoms with Crippen LogP contribution in [0.5, 0.6) is 0 Å². The van der Waals surface area contributed by atoms with E-state index in [1.807, 2.05) is 30.3 Å². The molecule has 1 aromatic heterocycles. The number of nitrogens with one attached hydrogen (secondary N) is 1. The second-order valence-electron chi connectivity index (χ2n) is 6.10. The van der Waals surface area contributed by atoms with Crippen LogP contribution in [0, 0.1) is 11.3 Å². The standard InChI is InChI=1S/C20H18N4/c21-13-16-12-20(18-8-4-5-9-19(18)23-16)22-15-10-11-24(14-15)17-6-2-1-3-7-17/h1-9,12,15H,10-11,14H2,(H,22,23). The number of nitriles is 1. The summed E-state index contributed by atoms with van der Waals surface area (Å²) in [6.07, 6.45) is 1.08. The van der Waals surface area contributed by atoms with E-state index in [1.54, 1.807) is 0 Å². The molecule has 1 aliphatic rings. The molecular formula is C20H18N4. The molecule has 24 heavy (non-hydrogen) atoms. The van der Waals surface area contributed by atoms with Gasteiger partial charge in [-0.25, -0.2) is 4.98 Å². The third kappa shape index (κ3) is 2.77. The minimum Gasteiger partial charge on any atom is -0.380 e. The van der Waals surface area contributed by atoms with Crippen molar-refractivity contribution in [1.82, 2.24) is 4.98 Å². The maximum atomic E-state index is 9.22. The minimum absolute atomic E-state index is 0.363. The van der Waals surface area contributed by atoms with E-state index in [0.717, 1.165) is 36.1 Å². The molecule has 4 heteroatoms. The lowest BCUT2D eigenvalue weighted by Gasteiger charge is -2.20. The summed E-state index contributed by atoms with van der Waals surface area (Å²) in [5.74, 6) is 0. The number of pyridine rings is 1. The van der Waals surface area contributed by atoms with Crippen molar-refractivity contribution >= 4 is 22.3 Å². The van der Waals surface area contributed by atoms with E-state index in [1.165, 1.54) is 5.69 Å². The Bertz CT molecular complexity index is 898. The number of hydrogen-bond donors (Lipinski definition) is 1. The van der Waals surface area contributed by atoms with Crippen LogP contribution >= 0.6 is 0 Å². The van der Waals surface area contributed by atoms with Gasteiger partial charge in [0.05, 0.1) is 5.52 Å².